The summed E-state index contributed by atoms with van der Waals surface area (Å²) in [5.41, 5.74) is -0.880. The van der Waals surface area contributed by atoms with Crippen LogP contribution in [0.2, 0.25) is 5.02 Å². The standard InChI is InChI=1S/C27H25ClFN3O4/c1-27-21-20(23(33)30(24(21)34)18-7-3-2-4-8-18)22(15-10-12-16(28)13-11-15)32(27)26(36)31(25(27)35)19-9-5-6-17(29)14-19/h5-6,9-14,18,20-22H,2-4,7-8H2,1H3/t20-,21-,22-,27-/m1/s1. The summed E-state index contributed by atoms with van der Waals surface area (Å²) in [5.74, 6) is -3.85. The number of hydrogen-bond acceptors (Lipinski definition) is 4. The second-order valence-electron chi connectivity index (χ2n) is 10.3. The maximum Gasteiger partial charge on any atom is 0.332 e. The Hall–Kier alpha value is -3.26. The van der Waals surface area contributed by atoms with Gasteiger partial charge in [0.05, 0.1) is 23.6 Å². The molecule has 3 saturated heterocycles. The molecular formula is C27H25ClFN3O4. The fraction of sp³-hybridized carbons (Fsp3) is 0.407. The molecule has 1 aliphatic carbocycles. The molecule has 0 unspecified atom stereocenters. The summed E-state index contributed by atoms with van der Waals surface area (Å²) < 4.78 is 14.0. The Balaban J connectivity index is 1.50. The lowest BCUT2D eigenvalue weighted by Crippen LogP contribution is -2.52. The van der Waals surface area contributed by atoms with Crippen molar-refractivity contribution in [2.75, 3.05) is 4.90 Å². The number of benzene rings is 2. The van der Waals surface area contributed by atoms with Crippen LogP contribution in [0.15, 0.2) is 48.5 Å². The molecule has 5 amide bonds. The number of imide groups is 2. The van der Waals surface area contributed by atoms with Gasteiger partial charge in [0, 0.05) is 11.1 Å². The third-order valence-electron chi connectivity index (χ3n) is 8.36. The molecule has 7 nitrogen and oxygen atoms in total. The first-order valence-electron chi connectivity index (χ1n) is 12.3. The van der Waals surface area contributed by atoms with Gasteiger partial charge in [-0.25, -0.2) is 14.1 Å². The quantitative estimate of drug-likeness (QED) is 0.444. The van der Waals surface area contributed by atoms with Gasteiger partial charge in [0.1, 0.15) is 11.4 Å². The fourth-order valence-electron chi connectivity index (χ4n) is 6.76. The van der Waals surface area contributed by atoms with E-state index in [1.807, 2.05) is 0 Å². The zero-order valence-corrected chi connectivity index (χ0v) is 20.5. The first-order valence-corrected chi connectivity index (χ1v) is 12.7. The van der Waals surface area contributed by atoms with E-state index in [4.69, 9.17) is 11.6 Å². The number of carbonyl (C=O) groups is 4. The molecular weight excluding hydrogens is 485 g/mol. The molecule has 3 aliphatic heterocycles. The molecule has 0 aromatic heterocycles. The van der Waals surface area contributed by atoms with Crippen molar-refractivity contribution in [1.82, 2.24) is 9.80 Å². The first-order chi connectivity index (χ1) is 17.2. The number of amides is 5. The highest BCUT2D eigenvalue weighted by Gasteiger charge is 2.76. The van der Waals surface area contributed by atoms with Crippen LogP contribution in [0.25, 0.3) is 0 Å². The smallest absolute Gasteiger partial charge is 0.301 e. The lowest BCUT2D eigenvalue weighted by Gasteiger charge is -2.35. The molecule has 2 aromatic rings. The number of hydrogen-bond donors (Lipinski definition) is 0. The number of anilines is 1. The van der Waals surface area contributed by atoms with E-state index in [1.54, 1.807) is 31.2 Å². The van der Waals surface area contributed by atoms with E-state index in [1.165, 1.54) is 28.0 Å². The summed E-state index contributed by atoms with van der Waals surface area (Å²) in [4.78, 5) is 59.3. The van der Waals surface area contributed by atoms with E-state index in [0.29, 0.717) is 10.6 Å². The fourth-order valence-corrected chi connectivity index (χ4v) is 6.88. The summed E-state index contributed by atoms with van der Waals surface area (Å²) in [5, 5.41) is 0.485. The SMILES string of the molecule is C[C@@]12C(=O)N(c3cccc(F)c3)C(=O)N1[C@H](c1ccc(Cl)cc1)[C@@H]1C(=O)N(C3CCCCC3)C(=O)[C@@H]12. The van der Waals surface area contributed by atoms with Crippen LogP contribution in [-0.4, -0.2) is 45.1 Å². The van der Waals surface area contributed by atoms with Crippen LogP contribution in [0, 0.1) is 17.7 Å². The second kappa shape index (κ2) is 8.13. The van der Waals surface area contributed by atoms with Crippen molar-refractivity contribution in [3.63, 3.8) is 0 Å². The van der Waals surface area contributed by atoms with E-state index < -0.39 is 47.1 Å². The van der Waals surface area contributed by atoms with E-state index in [-0.39, 0.29) is 17.6 Å². The van der Waals surface area contributed by atoms with Crippen molar-refractivity contribution in [2.24, 2.45) is 11.8 Å². The number of likely N-dealkylation sites (tertiary alicyclic amines) is 1. The molecule has 9 heteroatoms. The average Bonchev–Trinajstić information content (AvgIpc) is 3.37. The minimum atomic E-state index is -1.59. The third-order valence-corrected chi connectivity index (χ3v) is 8.61. The molecule has 36 heavy (non-hydrogen) atoms. The Labute approximate surface area is 212 Å². The number of rotatable bonds is 3. The number of fused-ring (bicyclic) bond motifs is 3. The van der Waals surface area contributed by atoms with Gasteiger partial charge in [0.15, 0.2) is 0 Å². The van der Waals surface area contributed by atoms with E-state index in [9.17, 15) is 23.6 Å². The summed E-state index contributed by atoms with van der Waals surface area (Å²) in [6, 6.07) is 10.3. The number of urea groups is 1. The third kappa shape index (κ3) is 3.03. The molecule has 0 spiro atoms. The Bertz CT molecular complexity index is 1290. The van der Waals surface area contributed by atoms with Crippen LogP contribution in [0.3, 0.4) is 0 Å². The molecule has 6 rings (SSSR count). The van der Waals surface area contributed by atoms with Crippen molar-refractivity contribution < 1.29 is 23.6 Å². The van der Waals surface area contributed by atoms with E-state index in [2.05, 4.69) is 0 Å². The largest absolute Gasteiger partial charge is 0.332 e. The van der Waals surface area contributed by atoms with Gasteiger partial charge in [0.2, 0.25) is 11.8 Å². The highest BCUT2D eigenvalue weighted by molar-refractivity contribution is 6.30. The predicted molar refractivity (Wildman–Crippen MR) is 129 cm³/mol. The van der Waals surface area contributed by atoms with Gasteiger partial charge in [-0.1, -0.05) is 49.1 Å². The molecule has 3 heterocycles. The summed E-state index contributed by atoms with van der Waals surface area (Å²) in [6.07, 6.45) is 4.42. The van der Waals surface area contributed by atoms with Crippen LogP contribution in [-0.2, 0) is 14.4 Å². The normalized spacial score (nSPS) is 30.4. The number of nitrogens with zero attached hydrogens (tertiary/aromatic N) is 3. The zero-order chi connectivity index (χ0) is 25.4. The summed E-state index contributed by atoms with van der Waals surface area (Å²) in [7, 11) is 0. The van der Waals surface area contributed by atoms with Gasteiger partial charge in [-0.2, -0.15) is 0 Å². The summed E-state index contributed by atoms with van der Waals surface area (Å²) in [6.45, 7) is 1.57. The van der Waals surface area contributed by atoms with Crippen molar-refractivity contribution in [1.29, 1.82) is 0 Å². The molecule has 1 saturated carbocycles. The lowest BCUT2D eigenvalue weighted by molar-refractivity contribution is -0.147. The first kappa shape index (κ1) is 23.2. The second-order valence-corrected chi connectivity index (χ2v) is 10.7. The molecule has 0 N–H and O–H groups in total. The average molecular weight is 510 g/mol. The van der Waals surface area contributed by atoms with Gasteiger partial charge in [-0.15, -0.1) is 0 Å². The van der Waals surface area contributed by atoms with Gasteiger partial charge in [-0.05, 0) is 55.7 Å². The Morgan fingerprint density at radius 3 is 2.31 bits per heavy atom. The van der Waals surface area contributed by atoms with Gasteiger partial charge in [-0.3, -0.25) is 19.3 Å². The molecule has 4 fully saturated rings. The summed E-state index contributed by atoms with van der Waals surface area (Å²) >= 11 is 6.11. The minimum absolute atomic E-state index is 0.0907. The van der Waals surface area contributed by atoms with Gasteiger partial charge in [0.25, 0.3) is 5.91 Å². The highest BCUT2D eigenvalue weighted by Crippen LogP contribution is 2.59. The van der Waals surface area contributed by atoms with Gasteiger partial charge < -0.3 is 4.90 Å². The molecule has 0 bridgehead atoms. The van der Waals surface area contributed by atoms with Crippen molar-refractivity contribution >= 4 is 41.0 Å². The van der Waals surface area contributed by atoms with Crippen molar-refractivity contribution in [3.8, 4) is 0 Å². The molecule has 2 aromatic carbocycles. The topological polar surface area (TPSA) is 78.0 Å². The van der Waals surface area contributed by atoms with Gasteiger partial charge >= 0.3 is 6.03 Å². The number of halogens is 2. The maximum absolute atomic E-state index is 14.0. The Morgan fingerprint density at radius 1 is 0.944 bits per heavy atom. The van der Waals surface area contributed by atoms with Crippen molar-refractivity contribution in [2.45, 2.75) is 56.7 Å². The monoisotopic (exact) mass is 509 g/mol. The Kier molecular flexibility index (Phi) is 5.23. The molecule has 186 valence electrons. The van der Waals surface area contributed by atoms with E-state index >= 15 is 0 Å². The van der Waals surface area contributed by atoms with Crippen LogP contribution >= 0.6 is 11.6 Å². The Morgan fingerprint density at radius 2 is 1.64 bits per heavy atom. The molecule has 0 radical (unpaired) electrons. The predicted octanol–water partition coefficient (Wildman–Crippen LogP) is 4.70. The molecule has 4 atom stereocenters. The van der Waals surface area contributed by atoms with Crippen LogP contribution in [0.5, 0.6) is 0 Å². The lowest BCUT2D eigenvalue weighted by atomic mass is 9.80. The van der Waals surface area contributed by atoms with Crippen molar-refractivity contribution in [3.05, 3.63) is 64.9 Å². The van der Waals surface area contributed by atoms with Crippen LogP contribution in [0.1, 0.15) is 50.6 Å². The molecule has 4 aliphatic rings. The van der Waals surface area contributed by atoms with Crippen LogP contribution in [0.4, 0.5) is 14.9 Å². The van der Waals surface area contributed by atoms with Crippen LogP contribution < -0.4 is 4.90 Å². The minimum Gasteiger partial charge on any atom is -0.301 e. The highest BCUT2D eigenvalue weighted by atomic mass is 35.5. The number of carbonyl (C=O) groups excluding carboxylic acids is 4. The van der Waals surface area contributed by atoms with E-state index in [0.717, 1.165) is 43.1 Å². The zero-order valence-electron chi connectivity index (χ0n) is 19.7. The maximum atomic E-state index is 14.0.